The average Bonchev–Trinajstić information content (AvgIpc) is 3.35. The number of aromatic nitrogens is 1. The number of carbonyl (C=O) groups is 2. The highest BCUT2D eigenvalue weighted by Gasteiger charge is 2.23. The molecule has 0 radical (unpaired) electrons. The third-order valence-corrected chi connectivity index (χ3v) is 6.32. The van der Waals surface area contributed by atoms with Gasteiger partial charge in [0.1, 0.15) is 10.5 Å². The molecule has 0 aliphatic carbocycles. The summed E-state index contributed by atoms with van der Waals surface area (Å²) in [6.07, 6.45) is 1.64. The van der Waals surface area contributed by atoms with Crippen LogP contribution in [0.5, 0.6) is 0 Å². The number of nitrogens with zero attached hydrogens (tertiary/aromatic N) is 4. The Morgan fingerprint density at radius 1 is 1.07 bits per heavy atom. The predicted molar refractivity (Wildman–Crippen MR) is 116 cm³/mol. The summed E-state index contributed by atoms with van der Waals surface area (Å²) in [5.41, 5.74) is 2.17. The van der Waals surface area contributed by atoms with Crippen LogP contribution in [0.25, 0.3) is 15.6 Å². The molecule has 1 fully saturated rings. The van der Waals surface area contributed by atoms with E-state index in [1.165, 1.54) is 22.7 Å². The molecule has 8 nitrogen and oxygen atoms in total. The van der Waals surface area contributed by atoms with Crippen molar-refractivity contribution in [2.45, 2.75) is 13.8 Å². The summed E-state index contributed by atoms with van der Waals surface area (Å²) in [4.78, 5) is 31.2. The summed E-state index contributed by atoms with van der Waals surface area (Å²) in [5, 5.41) is 13.7. The molecule has 1 aliphatic rings. The summed E-state index contributed by atoms with van der Waals surface area (Å²) < 4.78 is 0.956. The van der Waals surface area contributed by atoms with Gasteiger partial charge in [0.05, 0.1) is 10.4 Å². The number of azo groups is 1. The fourth-order valence-electron chi connectivity index (χ4n) is 2.90. The maximum atomic E-state index is 11.6. The predicted octanol–water partition coefficient (Wildman–Crippen LogP) is 4.80. The second kappa shape index (κ2) is 8.10. The highest BCUT2D eigenvalue weighted by Crippen LogP contribution is 2.35. The smallest absolute Gasteiger partial charge is 0.326 e. The lowest BCUT2D eigenvalue weighted by Crippen LogP contribution is -2.22. The number of benzene rings is 1. The maximum Gasteiger partial charge on any atom is 0.326 e. The number of anilines is 1. The molecule has 148 valence electrons. The molecular formula is C19H18N6O2S2. The molecule has 1 saturated heterocycles. The quantitative estimate of drug-likeness (QED) is 0.336. The Labute approximate surface area is 175 Å². The number of urea groups is 1. The average molecular weight is 427 g/mol. The molecule has 1 aliphatic heterocycles. The molecule has 4 rings (SSSR count). The summed E-state index contributed by atoms with van der Waals surface area (Å²) in [7, 11) is 0. The number of rotatable bonds is 6. The zero-order chi connectivity index (χ0) is 20.4. The molecule has 3 heterocycles. The number of hydrogen-bond donors (Lipinski definition) is 2. The number of imide groups is 1. The van der Waals surface area contributed by atoms with Crippen molar-refractivity contribution in [1.29, 1.82) is 0 Å². The van der Waals surface area contributed by atoms with Gasteiger partial charge in [0, 0.05) is 23.7 Å². The second-order valence-corrected chi connectivity index (χ2v) is 8.24. The van der Waals surface area contributed by atoms with E-state index in [-0.39, 0.29) is 5.70 Å². The summed E-state index contributed by atoms with van der Waals surface area (Å²) in [6.45, 7) is 6.18. The molecule has 29 heavy (non-hydrogen) atoms. The van der Waals surface area contributed by atoms with Crippen LogP contribution in [0.15, 0.2) is 46.3 Å². The number of nitrogens with one attached hydrogen (secondary N) is 2. The van der Waals surface area contributed by atoms with Crippen LogP contribution >= 0.6 is 22.7 Å². The Balaban J connectivity index is 1.48. The van der Waals surface area contributed by atoms with E-state index in [9.17, 15) is 9.59 Å². The lowest BCUT2D eigenvalue weighted by Gasteiger charge is -2.20. The largest absolute Gasteiger partial charge is 0.372 e. The zero-order valence-corrected chi connectivity index (χ0v) is 17.4. The Bertz CT molecular complexity index is 1090. The van der Waals surface area contributed by atoms with E-state index in [0.717, 1.165) is 38.9 Å². The lowest BCUT2D eigenvalue weighted by molar-refractivity contribution is -0.115. The first kappa shape index (κ1) is 19.2. The number of carbonyl (C=O) groups excluding carboxylic acids is 2. The number of amides is 3. The van der Waals surface area contributed by atoms with Crippen LogP contribution in [0, 0.1) is 0 Å². The van der Waals surface area contributed by atoms with E-state index in [2.05, 4.69) is 44.6 Å². The number of hydrogen-bond acceptors (Lipinski definition) is 8. The van der Waals surface area contributed by atoms with Gasteiger partial charge in [-0.3, -0.25) is 10.1 Å². The molecule has 3 aromatic rings. The Kier molecular flexibility index (Phi) is 5.36. The third-order valence-electron chi connectivity index (χ3n) is 4.33. The number of fused-ring (bicyclic) bond motifs is 1. The van der Waals surface area contributed by atoms with Gasteiger partial charge in [-0.05, 0) is 50.3 Å². The third kappa shape index (κ3) is 4.17. The van der Waals surface area contributed by atoms with Gasteiger partial charge < -0.3 is 10.2 Å². The Morgan fingerprint density at radius 3 is 2.45 bits per heavy atom. The molecule has 0 spiro atoms. The monoisotopic (exact) mass is 426 g/mol. The standard InChI is InChI=1S/C19H18N6O2S2/c1-3-25(4-2)12-7-5-11(6-8-12)23-24-19-22-17-15(29-19)10-13(28-17)9-14-16(26)21-18(27)20-14/h5-10H,3-4H2,1-2H3,(H2,20,21,26,27)/b14-9-,24-23?. The van der Waals surface area contributed by atoms with Crippen molar-refractivity contribution in [1.82, 2.24) is 15.6 Å². The van der Waals surface area contributed by atoms with Gasteiger partial charge in [-0.1, -0.05) is 11.3 Å². The first-order chi connectivity index (χ1) is 14.1. The minimum atomic E-state index is -0.509. The normalized spacial score (nSPS) is 15.4. The molecule has 10 heteroatoms. The highest BCUT2D eigenvalue weighted by molar-refractivity contribution is 7.29. The van der Waals surface area contributed by atoms with Crippen molar-refractivity contribution in [2.75, 3.05) is 18.0 Å². The SMILES string of the molecule is CCN(CC)c1ccc(N=Nc2nc3sc(/C=C4\NC(=O)NC4=O)cc3s2)cc1. The highest BCUT2D eigenvalue weighted by atomic mass is 32.1. The van der Waals surface area contributed by atoms with Gasteiger partial charge in [0.25, 0.3) is 5.91 Å². The molecule has 3 amide bonds. The zero-order valence-electron chi connectivity index (χ0n) is 15.8. The van der Waals surface area contributed by atoms with Gasteiger partial charge in [0.2, 0.25) is 5.13 Å². The Morgan fingerprint density at radius 2 is 1.83 bits per heavy atom. The summed E-state index contributed by atoms with van der Waals surface area (Å²) >= 11 is 2.85. The van der Waals surface area contributed by atoms with Crippen LogP contribution in [0.1, 0.15) is 18.7 Å². The molecule has 0 atom stereocenters. The van der Waals surface area contributed by atoms with Gasteiger partial charge in [0.15, 0.2) is 0 Å². The van der Waals surface area contributed by atoms with Crippen LogP contribution in [-0.2, 0) is 4.79 Å². The van der Waals surface area contributed by atoms with Crippen molar-refractivity contribution in [3.05, 3.63) is 40.9 Å². The van der Waals surface area contributed by atoms with Crippen LogP contribution < -0.4 is 15.5 Å². The molecule has 2 aromatic heterocycles. The van der Waals surface area contributed by atoms with E-state index >= 15 is 0 Å². The topological polar surface area (TPSA) is 99.1 Å². The molecule has 0 bridgehead atoms. The van der Waals surface area contributed by atoms with Crippen molar-refractivity contribution in [2.24, 2.45) is 10.2 Å². The summed E-state index contributed by atoms with van der Waals surface area (Å²) in [6, 6.07) is 9.38. The second-order valence-electron chi connectivity index (χ2n) is 6.17. The summed E-state index contributed by atoms with van der Waals surface area (Å²) in [5.74, 6) is -0.429. The van der Waals surface area contributed by atoms with Crippen LogP contribution in [0.3, 0.4) is 0 Å². The number of thiazole rings is 1. The molecule has 2 N–H and O–H groups in total. The van der Waals surface area contributed by atoms with Crippen molar-refractivity contribution in [3.8, 4) is 0 Å². The van der Waals surface area contributed by atoms with E-state index in [1.54, 1.807) is 6.08 Å². The lowest BCUT2D eigenvalue weighted by atomic mass is 10.2. The van der Waals surface area contributed by atoms with Crippen molar-refractivity contribution in [3.63, 3.8) is 0 Å². The van der Waals surface area contributed by atoms with Crippen molar-refractivity contribution < 1.29 is 9.59 Å². The van der Waals surface area contributed by atoms with E-state index in [4.69, 9.17) is 0 Å². The van der Waals surface area contributed by atoms with Gasteiger partial charge in [-0.25, -0.2) is 9.78 Å². The maximum absolute atomic E-state index is 11.6. The molecule has 0 unspecified atom stereocenters. The van der Waals surface area contributed by atoms with Crippen molar-refractivity contribution >= 4 is 66.7 Å². The minimum Gasteiger partial charge on any atom is -0.372 e. The molecule has 0 saturated carbocycles. The van der Waals surface area contributed by atoms with E-state index in [1.807, 2.05) is 30.3 Å². The van der Waals surface area contributed by atoms with E-state index < -0.39 is 11.9 Å². The van der Waals surface area contributed by atoms with E-state index in [0.29, 0.717) is 5.13 Å². The first-order valence-electron chi connectivity index (χ1n) is 9.07. The fraction of sp³-hybridized carbons (Fsp3) is 0.211. The van der Waals surface area contributed by atoms with Crippen LogP contribution in [0.2, 0.25) is 0 Å². The van der Waals surface area contributed by atoms with Gasteiger partial charge >= 0.3 is 6.03 Å². The van der Waals surface area contributed by atoms with Crippen LogP contribution in [0.4, 0.5) is 21.3 Å². The van der Waals surface area contributed by atoms with Gasteiger partial charge in [-0.15, -0.1) is 21.6 Å². The Hall–Kier alpha value is -3.11. The minimum absolute atomic E-state index is 0.233. The van der Waals surface area contributed by atoms with Crippen LogP contribution in [-0.4, -0.2) is 30.0 Å². The molecular weight excluding hydrogens is 408 g/mol. The number of thiophene rings is 1. The molecule has 1 aromatic carbocycles. The van der Waals surface area contributed by atoms with Gasteiger partial charge in [-0.2, -0.15) is 0 Å². The fourth-order valence-corrected chi connectivity index (χ4v) is 4.88. The first-order valence-corrected chi connectivity index (χ1v) is 10.7.